The van der Waals surface area contributed by atoms with Crippen LogP contribution >= 0.6 is 0 Å². The highest BCUT2D eigenvalue weighted by molar-refractivity contribution is 5.76. The van der Waals surface area contributed by atoms with Gasteiger partial charge in [-0.05, 0) is 37.0 Å². The van der Waals surface area contributed by atoms with Crippen molar-refractivity contribution in [3.63, 3.8) is 0 Å². The molecule has 0 unspecified atom stereocenters. The molecule has 17 heavy (non-hydrogen) atoms. The Morgan fingerprint density at radius 1 is 1.06 bits per heavy atom. The van der Waals surface area contributed by atoms with Crippen LogP contribution in [-0.2, 0) is 10.2 Å². The molecule has 0 aliphatic heterocycles. The second kappa shape index (κ2) is 4.40. The first-order valence-corrected chi connectivity index (χ1v) is 5.66. The predicted molar refractivity (Wildman–Crippen MR) is 67.5 cm³/mol. The molecule has 0 amide bonds. The van der Waals surface area contributed by atoms with Gasteiger partial charge in [0.2, 0.25) is 0 Å². The Morgan fingerprint density at radius 2 is 1.53 bits per heavy atom. The first-order chi connectivity index (χ1) is 7.63. The zero-order valence-corrected chi connectivity index (χ0v) is 11.1. The van der Waals surface area contributed by atoms with Crippen LogP contribution in [0.25, 0.3) is 0 Å². The van der Waals surface area contributed by atoms with Crippen LogP contribution in [0.3, 0.4) is 0 Å². The molecule has 1 aromatic rings. The summed E-state index contributed by atoms with van der Waals surface area (Å²) in [6.07, 6.45) is 0. The summed E-state index contributed by atoms with van der Waals surface area (Å²) in [7, 11) is 0. The quantitative estimate of drug-likeness (QED) is 0.876. The minimum absolute atomic E-state index is 0.0842. The maximum atomic E-state index is 10.9. The van der Waals surface area contributed by atoms with E-state index in [0.29, 0.717) is 5.75 Å². The molecule has 0 aliphatic rings. The lowest BCUT2D eigenvalue weighted by Gasteiger charge is -2.23. The molecule has 0 spiro atoms. The van der Waals surface area contributed by atoms with E-state index in [9.17, 15) is 4.79 Å². The molecule has 3 nitrogen and oxygen atoms in total. The van der Waals surface area contributed by atoms with E-state index in [2.05, 4.69) is 20.8 Å². The average molecular weight is 236 g/mol. The zero-order chi connectivity index (χ0) is 13.3. The maximum absolute atomic E-state index is 10.9. The van der Waals surface area contributed by atoms with E-state index in [1.165, 1.54) is 19.4 Å². The van der Waals surface area contributed by atoms with Crippen molar-refractivity contribution >= 4 is 5.97 Å². The van der Waals surface area contributed by atoms with Crippen molar-refractivity contribution in [1.82, 2.24) is 0 Å². The van der Waals surface area contributed by atoms with Crippen LogP contribution < -0.4 is 4.74 Å². The molecule has 0 aliphatic carbocycles. The van der Waals surface area contributed by atoms with E-state index in [1.54, 1.807) is 0 Å². The summed E-state index contributed by atoms with van der Waals surface area (Å²) >= 11 is 0. The summed E-state index contributed by atoms with van der Waals surface area (Å²) < 4.78 is 5.43. The van der Waals surface area contributed by atoms with Crippen molar-refractivity contribution in [2.24, 2.45) is 0 Å². The number of carboxylic acid groups (broad SMARTS) is 1. The SMILES string of the molecule is CC(C)(Oc1ccc(C(C)(C)C)cc1)C(=O)O. The summed E-state index contributed by atoms with van der Waals surface area (Å²) in [4.78, 5) is 10.9. The Bertz CT molecular complexity index is 396. The molecule has 0 radical (unpaired) electrons. The first kappa shape index (κ1) is 13.6. The molecule has 94 valence electrons. The van der Waals surface area contributed by atoms with Crippen molar-refractivity contribution in [1.29, 1.82) is 0 Å². The highest BCUT2D eigenvalue weighted by Gasteiger charge is 2.29. The Morgan fingerprint density at radius 3 is 1.88 bits per heavy atom. The molecule has 3 heteroatoms. The molecule has 1 N–H and O–H groups in total. The van der Waals surface area contributed by atoms with Gasteiger partial charge in [0.1, 0.15) is 5.75 Å². The number of benzene rings is 1. The number of carboxylic acids is 1. The molecular formula is C14H20O3. The molecular weight excluding hydrogens is 216 g/mol. The first-order valence-electron chi connectivity index (χ1n) is 5.66. The molecule has 1 rings (SSSR count). The van der Waals surface area contributed by atoms with E-state index >= 15 is 0 Å². The molecule has 0 saturated carbocycles. The summed E-state index contributed by atoms with van der Waals surface area (Å²) in [6.45, 7) is 9.46. The fourth-order valence-corrected chi connectivity index (χ4v) is 1.36. The van der Waals surface area contributed by atoms with Gasteiger partial charge in [-0.3, -0.25) is 0 Å². The third-order valence-corrected chi connectivity index (χ3v) is 2.61. The smallest absolute Gasteiger partial charge is 0.347 e. The molecule has 0 bridgehead atoms. The zero-order valence-electron chi connectivity index (χ0n) is 11.1. The van der Waals surface area contributed by atoms with Crippen LogP contribution in [0.4, 0.5) is 0 Å². The highest BCUT2D eigenvalue weighted by atomic mass is 16.5. The number of aliphatic carboxylic acids is 1. The Kier molecular flexibility index (Phi) is 3.51. The lowest BCUT2D eigenvalue weighted by atomic mass is 9.87. The number of hydrogen-bond donors (Lipinski definition) is 1. The minimum atomic E-state index is -1.21. The van der Waals surface area contributed by atoms with Gasteiger partial charge in [0, 0.05) is 0 Å². The van der Waals surface area contributed by atoms with Gasteiger partial charge >= 0.3 is 5.97 Å². The lowest BCUT2D eigenvalue weighted by molar-refractivity contribution is -0.152. The van der Waals surface area contributed by atoms with Gasteiger partial charge in [-0.2, -0.15) is 0 Å². The second-order valence-corrected chi connectivity index (χ2v) is 5.69. The summed E-state index contributed by atoms with van der Waals surface area (Å²) in [5.74, 6) is -0.400. The molecule has 0 aromatic heterocycles. The van der Waals surface area contributed by atoms with E-state index in [-0.39, 0.29) is 5.41 Å². The highest BCUT2D eigenvalue weighted by Crippen LogP contribution is 2.25. The number of hydrogen-bond acceptors (Lipinski definition) is 2. The number of ether oxygens (including phenoxy) is 1. The molecule has 0 saturated heterocycles. The molecule has 0 atom stereocenters. The maximum Gasteiger partial charge on any atom is 0.347 e. The van der Waals surface area contributed by atoms with Crippen LogP contribution in [-0.4, -0.2) is 16.7 Å². The van der Waals surface area contributed by atoms with E-state index in [1.807, 2.05) is 24.3 Å². The summed E-state index contributed by atoms with van der Waals surface area (Å²) in [5, 5.41) is 8.96. The van der Waals surface area contributed by atoms with Gasteiger partial charge in [-0.1, -0.05) is 32.9 Å². The monoisotopic (exact) mass is 236 g/mol. The molecule has 0 fully saturated rings. The minimum Gasteiger partial charge on any atom is -0.478 e. The van der Waals surface area contributed by atoms with E-state index in [0.717, 1.165) is 0 Å². The van der Waals surface area contributed by atoms with Crippen molar-refractivity contribution in [3.8, 4) is 5.75 Å². The summed E-state index contributed by atoms with van der Waals surface area (Å²) in [5.41, 5.74) is 0.0716. The number of rotatable bonds is 3. The largest absolute Gasteiger partial charge is 0.478 e. The standard InChI is InChI=1S/C14H20O3/c1-13(2,3)10-6-8-11(9-7-10)17-14(4,5)12(15)16/h6-9H,1-5H3,(H,15,16). The van der Waals surface area contributed by atoms with Crippen LogP contribution in [0, 0.1) is 0 Å². The van der Waals surface area contributed by atoms with Crippen LogP contribution in [0.5, 0.6) is 5.75 Å². The molecule has 0 heterocycles. The van der Waals surface area contributed by atoms with E-state index in [4.69, 9.17) is 9.84 Å². The topological polar surface area (TPSA) is 46.5 Å². The van der Waals surface area contributed by atoms with Crippen LogP contribution in [0.2, 0.25) is 0 Å². The van der Waals surface area contributed by atoms with Crippen molar-refractivity contribution in [2.45, 2.75) is 45.6 Å². The van der Waals surface area contributed by atoms with Gasteiger partial charge in [0.05, 0.1) is 0 Å². The van der Waals surface area contributed by atoms with Gasteiger partial charge in [0.15, 0.2) is 5.60 Å². The Hall–Kier alpha value is -1.51. The fraction of sp³-hybridized carbons (Fsp3) is 0.500. The fourth-order valence-electron chi connectivity index (χ4n) is 1.36. The third kappa shape index (κ3) is 3.48. The van der Waals surface area contributed by atoms with Crippen molar-refractivity contribution in [3.05, 3.63) is 29.8 Å². The van der Waals surface area contributed by atoms with Gasteiger partial charge < -0.3 is 9.84 Å². The van der Waals surface area contributed by atoms with Crippen LogP contribution in [0.1, 0.15) is 40.2 Å². The molecule has 1 aromatic carbocycles. The van der Waals surface area contributed by atoms with E-state index < -0.39 is 11.6 Å². The summed E-state index contributed by atoms with van der Waals surface area (Å²) in [6, 6.07) is 7.55. The number of carbonyl (C=O) groups is 1. The average Bonchev–Trinajstić information content (AvgIpc) is 2.16. The Balaban J connectivity index is 2.86. The normalized spacial score (nSPS) is 12.3. The van der Waals surface area contributed by atoms with Gasteiger partial charge in [0.25, 0.3) is 0 Å². The predicted octanol–water partition coefficient (Wildman–Crippen LogP) is 3.23. The second-order valence-electron chi connectivity index (χ2n) is 5.69. The van der Waals surface area contributed by atoms with Crippen molar-refractivity contribution in [2.75, 3.05) is 0 Å². The third-order valence-electron chi connectivity index (χ3n) is 2.61. The van der Waals surface area contributed by atoms with Crippen LogP contribution in [0.15, 0.2) is 24.3 Å². The van der Waals surface area contributed by atoms with Gasteiger partial charge in [-0.15, -0.1) is 0 Å². The van der Waals surface area contributed by atoms with Crippen molar-refractivity contribution < 1.29 is 14.6 Å². The van der Waals surface area contributed by atoms with Gasteiger partial charge in [-0.25, -0.2) is 4.79 Å². The Labute approximate surface area is 102 Å². The lowest BCUT2D eigenvalue weighted by Crippen LogP contribution is -2.37.